The molecular weight excluding hydrogens is 238 g/mol. The lowest BCUT2D eigenvalue weighted by Gasteiger charge is -2.07. The van der Waals surface area contributed by atoms with Crippen LogP contribution in [0.1, 0.15) is 5.56 Å². The zero-order chi connectivity index (χ0) is 13.1. The topological polar surface area (TPSA) is 75.4 Å². The van der Waals surface area contributed by atoms with Crippen molar-refractivity contribution < 1.29 is 14.4 Å². The van der Waals surface area contributed by atoms with E-state index in [4.69, 9.17) is 10.0 Å². The Labute approximate surface area is 102 Å². The molecule has 0 amide bonds. The summed E-state index contributed by atoms with van der Waals surface area (Å²) >= 11 is 0. The molecule has 2 aromatic rings. The summed E-state index contributed by atoms with van der Waals surface area (Å²) in [6.45, 7) is 0.139. The molecule has 2 N–H and O–H groups in total. The van der Waals surface area contributed by atoms with Gasteiger partial charge < -0.3 is 10.0 Å². The van der Waals surface area contributed by atoms with Crippen molar-refractivity contribution in [1.82, 2.24) is 9.78 Å². The third-order valence-corrected chi connectivity index (χ3v) is 2.46. The van der Waals surface area contributed by atoms with Crippen molar-refractivity contribution in [1.29, 1.82) is 0 Å². The van der Waals surface area contributed by atoms with Crippen LogP contribution in [0.5, 0.6) is 0 Å². The molecular formula is C11H10BFN2O3. The SMILES string of the molecule is O=c1cccnn1Cc1ccc(F)c(B(O)O)c1. The van der Waals surface area contributed by atoms with Gasteiger partial charge in [0.15, 0.2) is 0 Å². The van der Waals surface area contributed by atoms with E-state index in [1.807, 2.05) is 0 Å². The molecule has 1 aromatic carbocycles. The zero-order valence-electron chi connectivity index (χ0n) is 9.32. The van der Waals surface area contributed by atoms with Gasteiger partial charge in [-0.25, -0.2) is 9.07 Å². The van der Waals surface area contributed by atoms with Crippen molar-refractivity contribution >= 4 is 12.6 Å². The second-order valence-electron chi connectivity index (χ2n) is 3.75. The largest absolute Gasteiger partial charge is 0.491 e. The summed E-state index contributed by atoms with van der Waals surface area (Å²) in [5, 5.41) is 21.8. The Hall–Kier alpha value is -1.99. The van der Waals surface area contributed by atoms with E-state index in [1.54, 1.807) is 0 Å². The fourth-order valence-corrected chi connectivity index (χ4v) is 1.57. The van der Waals surface area contributed by atoms with E-state index in [0.29, 0.717) is 5.56 Å². The molecule has 2 rings (SSSR count). The van der Waals surface area contributed by atoms with Gasteiger partial charge in [0.1, 0.15) is 5.82 Å². The zero-order valence-corrected chi connectivity index (χ0v) is 9.32. The molecule has 92 valence electrons. The second kappa shape index (κ2) is 5.11. The average molecular weight is 248 g/mol. The summed E-state index contributed by atoms with van der Waals surface area (Å²) in [5.74, 6) is -0.706. The number of aromatic nitrogens is 2. The molecule has 0 unspecified atom stereocenters. The van der Waals surface area contributed by atoms with Crippen molar-refractivity contribution in [3.63, 3.8) is 0 Å². The number of rotatable bonds is 3. The summed E-state index contributed by atoms with van der Waals surface area (Å²) in [6, 6.07) is 6.76. The molecule has 1 heterocycles. The molecule has 7 heteroatoms. The third kappa shape index (κ3) is 2.64. The van der Waals surface area contributed by atoms with E-state index < -0.39 is 12.9 Å². The van der Waals surface area contributed by atoms with Gasteiger partial charge in [-0.05, 0) is 17.7 Å². The van der Waals surface area contributed by atoms with Gasteiger partial charge in [-0.1, -0.05) is 12.1 Å². The lowest BCUT2D eigenvalue weighted by molar-refractivity contribution is 0.423. The normalized spacial score (nSPS) is 10.4. The van der Waals surface area contributed by atoms with Gasteiger partial charge in [-0.15, -0.1) is 0 Å². The Morgan fingerprint density at radius 2 is 2.11 bits per heavy atom. The van der Waals surface area contributed by atoms with E-state index >= 15 is 0 Å². The molecule has 0 atom stereocenters. The molecule has 0 aliphatic carbocycles. The van der Waals surface area contributed by atoms with Crippen LogP contribution in [0.4, 0.5) is 4.39 Å². The number of nitrogens with zero attached hydrogens (tertiary/aromatic N) is 2. The first-order valence-electron chi connectivity index (χ1n) is 5.24. The second-order valence-corrected chi connectivity index (χ2v) is 3.75. The lowest BCUT2D eigenvalue weighted by atomic mass is 9.79. The van der Waals surface area contributed by atoms with Crippen molar-refractivity contribution in [3.05, 3.63) is 58.3 Å². The van der Waals surface area contributed by atoms with Gasteiger partial charge in [-0.3, -0.25) is 4.79 Å². The fraction of sp³-hybridized carbons (Fsp3) is 0.0909. The van der Waals surface area contributed by atoms with Crippen molar-refractivity contribution in [2.75, 3.05) is 0 Å². The highest BCUT2D eigenvalue weighted by atomic mass is 19.1. The fourth-order valence-electron chi connectivity index (χ4n) is 1.57. The van der Waals surface area contributed by atoms with Crippen molar-refractivity contribution in [3.8, 4) is 0 Å². The van der Waals surface area contributed by atoms with Gasteiger partial charge in [0, 0.05) is 17.7 Å². The van der Waals surface area contributed by atoms with Gasteiger partial charge in [0.25, 0.3) is 5.56 Å². The molecule has 0 aliphatic rings. The minimum absolute atomic E-state index is 0.139. The van der Waals surface area contributed by atoms with Gasteiger partial charge in [-0.2, -0.15) is 5.10 Å². The Morgan fingerprint density at radius 3 is 2.78 bits per heavy atom. The maximum Gasteiger partial charge on any atom is 0.491 e. The lowest BCUT2D eigenvalue weighted by Crippen LogP contribution is -2.33. The minimum atomic E-state index is -1.88. The average Bonchev–Trinajstić information content (AvgIpc) is 2.34. The van der Waals surface area contributed by atoms with Gasteiger partial charge in [0.2, 0.25) is 0 Å². The smallest absolute Gasteiger partial charge is 0.423 e. The van der Waals surface area contributed by atoms with E-state index in [2.05, 4.69) is 5.10 Å². The molecule has 1 aromatic heterocycles. The highest BCUT2D eigenvalue weighted by molar-refractivity contribution is 6.58. The van der Waals surface area contributed by atoms with Crippen LogP contribution in [-0.2, 0) is 6.54 Å². The first-order chi connectivity index (χ1) is 8.58. The predicted molar refractivity (Wildman–Crippen MR) is 63.8 cm³/mol. The van der Waals surface area contributed by atoms with E-state index in [-0.39, 0.29) is 17.6 Å². The van der Waals surface area contributed by atoms with Crippen LogP contribution in [0.15, 0.2) is 41.3 Å². The number of hydrogen-bond acceptors (Lipinski definition) is 4. The van der Waals surface area contributed by atoms with Gasteiger partial charge >= 0.3 is 7.12 Å². The monoisotopic (exact) mass is 248 g/mol. The Balaban J connectivity index is 2.33. The van der Waals surface area contributed by atoms with Crippen LogP contribution in [0.2, 0.25) is 0 Å². The molecule has 0 aliphatic heterocycles. The Bertz CT molecular complexity index is 615. The van der Waals surface area contributed by atoms with Crippen LogP contribution in [-0.4, -0.2) is 26.9 Å². The third-order valence-electron chi connectivity index (χ3n) is 2.46. The molecule has 0 saturated carbocycles. The summed E-state index contributed by atoms with van der Waals surface area (Å²) in [4.78, 5) is 11.4. The summed E-state index contributed by atoms with van der Waals surface area (Å²) in [7, 11) is -1.88. The first-order valence-corrected chi connectivity index (χ1v) is 5.24. The summed E-state index contributed by atoms with van der Waals surface area (Å²) in [6.07, 6.45) is 1.47. The van der Waals surface area contributed by atoms with Crippen LogP contribution in [0.25, 0.3) is 0 Å². The summed E-state index contributed by atoms with van der Waals surface area (Å²) in [5.41, 5.74) is 0.0460. The quantitative estimate of drug-likeness (QED) is 0.691. The predicted octanol–water partition coefficient (Wildman–Crippen LogP) is -0.890. The van der Waals surface area contributed by atoms with E-state index in [9.17, 15) is 9.18 Å². The van der Waals surface area contributed by atoms with Crippen LogP contribution < -0.4 is 11.0 Å². The first kappa shape index (κ1) is 12.5. The number of benzene rings is 1. The van der Waals surface area contributed by atoms with E-state index in [0.717, 1.165) is 6.07 Å². The highest BCUT2D eigenvalue weighted by Crippen LogP contribution is 2.02. The number of hydrogen-bond donors (Lipinski definition) is 2. The van der Waals surface area contributed by atoms with Crippen LogP contribution in [0, 0.1) is 5.82 Å². The maximum atomic E-state index is 13.2. The molecule has 18 heavy (non-hydrogen) atoms. The summed E-state index contributed by atoms with van der Waals surface area (Å²) < 4.78 is 14.4. The van der Waals surface area contributed by atoms with Crippen LogP contribution in [0.3, 0.4) is 0 Å². The van der Waals surface area contributed by atoms with Gasteiger partial charge in [0.05, 0.1) is 6.54 Å². The van der Waals surface area contributed by atoms with Crippen molar-refractivity contribution in [2.24, 2.45) is 0 Å². The van der Waals surface area contributed by atoms with Crippen LogP contribution >= 0.6 is 0 Å². The number of halogens is 1. The molecule has 0 saturated heterocycles. The van der Waals surface area contributed by atoms with E-state index in [1.165, 1.54) is 35.1 Å². The highest BCUT2D eigenvalue weighted by Gasteiger charge is 2.16. The molecule has 0 spiro atoms. The molecule has 0 radical (unpaired) electrons. The Kier molecular flexibility index (Phi) is 3.54. The molecule has 0 bridgehead atoms. The minimum Gasteiger partial charge on any atom is -0.423 e. The maximum absolute atomic E-state index is 13.2. The standard InChI is InChI=1S/C11H10BFN2O3/c13-10-4-3-8(6-9(10)12(17)18)7-15-11(16)2-1-5-14-15/h1-6,17-18H,7H2. The Morgan fingerprint density at radius 1 is 1.33 bits per heavy atom. The molecule has 5 nitrogen and oxygen atoms in total. The molecule has 0 fully saturated rings. The van der Waals surface area contributed by atoms with Crippen molar-refractivity contribution in [2.45, 2.75) is 6.54 Å².